The molecular weight excluding hydrogens is 362 g/mol. The average Bonchev–Trinajstić information content (AvgIpc) is 3.43. The van der Waals surface area contributed by atoms with Crippen LogP contribution >= 0.6 is 11.8 Å². The molecule has 1 N–H and O–H groups in total. The fraction of sp³-hybridized carbons (Fsp3) is 0.263. The van der Waals surface area contributed by atoms with Crippen molar-refractivity contribution in [1.29, 1.82) is 0 Å². The number of carbonyl (C=O) groups is 1. The molecule has 1 aromatic heterocycles. The molecular formula is C19H19N5O2S. The lowest BCUT2D eigenvalue weighted by Crippen LogP contribution is -2.22. The van der Waals surface area contributed by atoms with Crippen molar-refractivity contribution in [2.75, 3.05) is 5.32 Å². The monoisotopic (exact) mass is 381 g/mol. The zero-order chi connectivity index (χ0) is 18.6. The highest BCUT2D eigenvalue weighted by Gasteiger charge is 2.29. The molecule has 0 bridgehead atoms. The normalized spacial score (nSPS) is 14.6. The van der Waals surface area contributed by atoms with Crippen LogP contribution in [0.15, 0.2) is 59.8 Å². The minimum Gasteiger partial charge on any atom is -0.457 e. The van der Waals surface area contributed by atoms with Crippen molar-refractivity contribution >= 4 is 23.4 Å². The largest absolute Gasteiger partial charge is 0.457 e. The number of ether oxygens (including phenoxy) is 1. The standard InChI is InChI=1S/C19H19N5O2S/c1-13(27-19-21-22-23-24(19)15-9-10-15)18(25)20-14-7-11-17(12-8-14)26-16-5-3-2-4-6-16/h2-8,11-13,15H,9-10H2,1H3,(H,20,25)/t13-/m1/s1. The summed E-state index contributed by atoms with van der Waals surface area (Å²) in [6.07, 6.45) is 2.19. The van der Waals surface area contributed by atoms with Crippen molar-refractivity contribution in [2.24, 2.45) is 0 Å². The molecule has 8 heteroatoms. The van der Waals surface area contributed by atoms with E-state index in [1.165, 1.54) is 11.8 Å². The van der Waals surface area contributed by atoms with E-state index in [1.807, 2.05) is 66.2 Å². The Morgan fingerprint density at radius 1 is 1.15 bits per heavy atom. The third kappa shape index (κ3) is 4.46. The Morgan fingerprint density at radius 3 is 2.56 bits per heavy atom. The summed E-state index contributed by atoms with van der Waals surface area (Å²) >= 11 is 1.37. The van der Waals surface area contributed by atoms with Crippen molar-refractivity contribution in [3.63, 3.8) is 0 Å². The summed E-state index contributed by atoms with van der Waals surface area (Å²) in [6.45, 7) is 1.85. The first-order valence-electron chi connectivity index (χ1n) is 8.77. The lowest BCUT2D eigenvalue weighted by Gasteiger charge is -2.12. The van der Waals surface area contributed by atoms with Gasteiger partial charge < -0.3 is 10.1 Å². The number of carbonyl (C=O) groups excluding carboxylic acids is 1. The van der Waals surface area contributed by atoms with Crippen LogP contribution < -0.4 is 10.1 Å². The van der Waals surface area contributed by atoms with Gasteiger partial charge in [0.05, 0.1) is 11.3 Å². The lowest BCUT2D eigenvalue weighted by molar-refractivity contribution is -0.115. The highest BCUT2D eigenvalue weighted by atomic mass is 32.2. The number of benzene rings is 2. The number of anilines is 1. The second-order valence-corrected chi connectivity index (χ2v) is 7.63. The molecule has 1 aliphatic rings. The van der Waals surface area contributed by atoms with E-state index in [0.717, 1.165) is 24.3 Å². The van der Waals surface area contributed by atoms with Crippen molar-refractivity contribution in [2.45, 2.75) is 36.2 Å². The highest BCUT2D eigenvalue weighted by molar-refractivity contribution is 8.00. The molecule has 27 heavy (non-hydrogen) atoms. The predicted molar refractivity (Wildman–Crippen MR) is 103 cm³/mol. The van der Waals surface area contributed by atoms with Gasteiger partial charge in [0, 0.05) is 5.69 Å². The molecule has 4 rings (SSSR count). The minimum absolute atomic E-state index is 0.0953. The quantitative estimate of drug-likeness (QED) is 0.625. The number of rotatable bonds is 7. The molecule has 0 aliphatic heterocycles. The van der Waals surface area contributed by atoms with Gasteiger partial charge in [-0.1, -0.05) is 30.0 Å². The van der Waals surface area contributed by atoms with E-state index in [4.69, 9.17) is 4.74 Å². The van der Waals surface area contributed by atoms with Gasteiger partial charge in [-0.3, -0.25) is 4.79 Å². The van der Waals surface area contributed by atoms with E-state index in [-0.39, 0.29) is 11.2 Å². The van der Waals surface area contributed by atoms with Crippen LogP contribution in [0, 0.1) is 0 Å². The van der Waals surface area contributed by atoms with Crippen LogP contribution in [-0.4, -0.2) is 31.4 Å². The summed E-state index contributed by atoms with van der Waals surface area (Å²) in [5.74, 6) is 1.39. The molecule has 138 valence electrons. The second kappa shape index (κ2) is 7.79. The van der Waals surface area contributed by atoms with Gasteiger partial charge in [0.15, 0.2) is 0 Å². The third-order valence-electron chi connectivity index (χ3n) is 4.11. The van der Waals surface area contributed by atoms with Crippen LogP contribution in [0.4, 0.5) is 5.69 Å². The molecule has 0 unspecified atom stereocenters. The van der Waals surface area contributed by atoms with Gasteiger partial charge in [0.2, 0.25) is 11.1 Å². The Morgan fingerprint density at radius 2 is 1.85 bits per heavy atom. The van der Waals surface area contributed by atoms with E-state index >= 15 is 0 Å². The number of para-hydroxylation sites is 1. The summed E-state index contributed by atoms with van der Waals surface area (Å²) < 4.78 is 7.57. The topological polar surface area (TPSA) is 81.9 Å². The minimum atomic E-state index is -0.311. The molecule has 1 fully saturated rings. The average molecular weight is 381 g/mol. The van der Waals surface area contributed by atoms with Gasteiger partial charge in [-0.25, -0.2) is 4.68 Å². The second-order valence-electron chi connectivity index (χ2n) is 6.33. The van der Waals surface area contributed by atoms with Gasteiger partial charge >= 0.3 is 0 Å². The van der Waals surface area contributed by atoms with Crippen LogP contribution in [0.1, 0.15) is 25.8 Å². The van der Waals surface area contributed by atoms with Crippen molar-refractivity contribution in [1.82, 2.24) is 20.2 Å². The fourth-order valence-corrected chi connectivity index (χ4v) is 3.36. The molecule has 1 atom stereocenters. The van der Waals surface area contributed by atoms with Gasteiger partial charge in [0.1, 0.15) is 11.5 Å². The lowest BCUT2D eigenvalue weighted by atomic mass is 10.3. The van der Waals surface area contributed by atoms with Crippen LogP contribution in [-0.2, 0) is 4.79 Å². The first-order chi connectivity index (χ1) is 13.2. The first-order valence-corrected chi connectivity index (χ1v) is 9.65. The molecule has 1 aliphatic carbocycles. The summed E-state index contributed by atoms with van der Waals surface area (Å²) in [5, 5.41) is 15.0. The number of nitrogens with one attached hydrogen (secondary N) is 1. The third-order valence-corrected chi connectivity index (χ3v) is 5.15. The fourth-order valence-electron chi connectivity index (χ4n) is 2.50. The Labute approximate surface area is 161 Å². The van der Waals surface area contributed by atoms with Crippen molar-refractivity contribution in [3.8, 4) is 11.5 Å². The summed E-state index contributed by atoms with van der Waals surface area (Å²) in [4.78, 5) is 12.5. The number of nitrogens with zero attached hydrogens (tertiary/aromatic N) is 4. The first kappa shape index (κ1) is 17.5. The molecule has 2 aromatic carbocycles. The van der Waals surface area contributed by atoms with Crippen LogP contribution in [0.3, 0.4) is 0 Å². The summed E-state index contributed by atoms with van der Waals surface area (Å²) in [7, 11) is 0. The molecule has 0 spiro atoms. The SMILES string of the molecule is C[C@@H](Sc1nnnn1C1CC1)C(=O)Nc1ccc(Oc2ccccc2)cc1. The molecule has 1 saturated carbocycles. The van der Waals surface area contributed by atoms with E-state index in [0.29, 0.717) is 16.9 Å². The van der Waals surface area contributed by atoms with E-state index in [9.17, 15) is 4.79 Å². The van der Waals surface area contributed by atoms with Gasteiger partial charge in [-0.15, -0.1) is 5.10 Å². The van der Waals surface area contributed by atoms with Gasteiger partial charge in [0.25, 0.3) is 0 Å². The zero-order valence-corrected chi connectivity index (χ0v) is 15.6. The Hall–Kier alpha value is -2.87. The van der Waals surface area contributed by atoms with Gasteiger partial charge in [-0.2, -0.15) is 0 Å². The molecule has 0 radical (unpaired) electrons. The maximum Gasteiger partial charge on any atom is 0.237 e. The number of aromatic nitrogens is 4. The van der Waals surface area contributed by atoms with Crippen LogP contribution in [0.2, 0.25) is 0 Å². The number of tetrazole rings is 1. The summed E-state index contributed by atoms with van der Waals surface area (Å²) in [6, 6.07) is 17.2. The smallest absolute Gasteiger partial charge is 0.237 e. The van der Waals surface area contributed by atoms with Gasteiger partial charge in [-0.05, 0) is 66.6 Å². The maximum atomic E-state index is 12.5. The van der Waals surface area contributed by atoms with Crippen LogP contribution in [0.25, 0.3) is 0 Å². The molecule has 3 aromatic rings. The highest BCUT2D eigenvalue weighted by Crippen LogP contribution is 2.37. The summed E-state index contributed by atoms with van der Waals surface area (Å²) in [5.41, 5.74) is 0.717. The van der Waals surface area contributed by atoms with E-state index in [1.54, 1.807) is 0 Å². The van der Waals surface area contributed by atoms with Crippen LogP contribution in [0.5, 0.6) is 11.5 Å². The van der Waals surface area contributed by atoms with E-state index < -0.39 is 0 Å². The van der Waals surface area contributed by atoms with Crippen molar-refractivity contribution in [3.05, 3.63) is 54.6 Å². The number of hydrogen-bond donors (Lipinski definition) is 1. The zero-order valence-electron chi connectivity index (χ0n) is 14.8. The van der Waals surface area contributed by atoms with E-state index in [2.05, 4.69) is 20.8 Å². The van der Waals surface area contributed by atoms with Crippen molar-refractivity contribution < 1.29 is 9.53 Å². The maximum absolute atomic E-state index is 12.5. The molecule has 0 saturated heterocycles. The number of thioether (sulfide) groups is 1. The molecule has 7 nitrogen and oxygen atoms in total. The molecule has 1 heterocycles. The Kier molecular flexibility index (Phi) is 5.06. The number of hydrogen-bond acceptors (Lipinski definition) is 6. The molecule has 1 amide bonds. The Bertz CT molecular complexity index is 909. The Balaban J connectivity index is 1.34. The number of amides is 1. The predicted octanol–water partition coefficient (Wildman–Crippen LogP) is 3.92.